The Hall–Kier alpha value is -1.58. The molecule has 2 heterocycles. The summed E-state index contributed by atoms with van der Waals surface area (Å²) in [5.74, 6) is 0. The van der Waals surface area contributed by atoms with Crippen molar-refractivity contribution in [3.8, 4) is 0 Å². The standard InChI is InChI=1S/C15H17NO2/c1-2-4-14-13(3-1)6-8-18-15(14)10-16-9-12-5-7-17-11-12/h1-5,7,11,15-16H,6,8-10H2. The molecule has 1 aromatic heterocycles. The molecule has 0 radical (unpaired) electrons. The van der Waals surface area contributed by atoms with Crippen molar-refractivity contribution in [2.24, 2.45) is 0 Å². The Labute approximate surface area is 107 Å². The van der Waals surface area contributed by atoms with Gasteiger partial charge in [-0.15, -0.1) is 0 Å². The molecule has 1 aromatic carbocycles. The molecule has 1 atom stereocenters. The van der Waals surface area contributed by atoms with E-state index in [2.05, 4.69) is 29.6 Å². The fourth-order valence-corrected chi connectivity index (χ4v) is 2.39. The maximum absolute atomic E-state index is 5.84. The molecule has 18 heavy (non-hydrogen) atoms. The average Bonchev–Trinajstić information content (AvgIpc) is 2.92. The predicted octanol–water partition coefficient (Wildman–Crippen LogP) is 2.68. The van der Waals surface area contributed by atoms with Crippen LogP contribution in [0.15, 0.2) is 47.3 Å². The summed E-state index contributed by atoms with van der Waals surface area (Å²) in [5.41, 5.74) is 3.90. The van der Waals surface area contributed by atoms with Gasteiger partial charge in [-0.1, -0.05) is 24.3 Å². The van der Waals surface area contributed by atoms with E-state index in [9.17, 15) is 0 Å². The molecule has 0 fully saturated rings. The topological polar surface area (TPSA) is 34.4 Å². The summed E-state index contributed by atoms with van der Waals surface area (Å²) >= 11 is 0. The molecule has 1 N–H and O–H groups in total. The highest BCUT2D eigenvalue weighted by Gasteiger charge is 2.19. The second kappa shape index (κ2) is 5.38. The molecule has 1 aliphatic heterocycles. The molecule has 0 bridgehead atoms. The van der Waals surface area contributed by atoms with Crippen molar-refractivity contribution in [3.63, 3.8) is 0 Å². The molecule has 0 amide bonds. The second-order valence-corrected chi connectivity index (χ2v) is 4.57. The lowest BCUT2D eigenvalue weighted by atomic mass is 9.97. The van der Waals surface area contributed by atoms with Crippen LogP contribution in [0.5, 0.6) is 0 Å². The number of rotatable bonds is 4. The van der Waals surface area contributed by atoms with Crippen LogP contribution in [0.1, 0.15) is 22.8 Å². The molecule has 0 aliphatic carbocycles. The summed E-state index contributed by atoms with van der Waals surface area (Å²) in [6.45, 7) is 2.47. The minimum absolute atomic E-state index is 0.168. The molecule has 0 spiro atoms. The summed E-state index contributed by atoms with van der Waals surface area (Å²) in [4.78, 5) is 0. The van der Waals surface area contributed by atoms with Gasteiger partial charge in [-0.2, -0.15) is 0 Å². The zero-order valence-corrected chi connectivity index (χ0v) is 10.3. The van der Waals surface area contributed by atoms with Crippen LogP contribution < -0.4 is 5.32 Å². The Morgan fingerprint density at radius 1 is 1.22 bits per heavy atom. The van der Waals surface area contributed by atoms with E-state index >= 15 is 0 Å². The van der Waals surface area contributed by atoms with E-state index in [1.54, 1.807) is 12.5 Å². The van der Waals surface area contributed by atoms with E-state index in [4.69, 9.17) is 9.15 Å². The average molecular weight is 243 g/mol. The van der Waals surface area contributed by atoms with Crippen molar-refractivity contribution in [3.05, 3.63) is 59.5 Å². The van der Waals surface area contributed by atoms with E-state index in [1.165, 1.54) is 16.7 Å². The van der Waals surface area contributed by atoms with Crippen LogP contribution in [0, 0.1) is 0 Å². The van der Waals surface area contributed by atoms with Gasteiger partial charge >= 0.3 is 0 Å². The van der Waals surface area contributed by atoms with Gasteiger partial charge in [-0.05, 0) is 23.6 Å². The summed E-state index contributed by atoms with van der Waals surface area (Å²) < 4.78 is 10.9. The Morgan fingerprint density at radius 2 is 2.17 bits per heavy atom. The molecule has 0 saturated heterocycles. The summed E-state index contributed by atoms with van der Waals surface area (Å²) in [7, 11) is 0. The van der Waals surface area contributed by atoms with Gasteiger partial charge in [-0.3, -0.25) is 0 Å². The zero-order valence-electron chi connectivity index (χ0n) is 10.3. The molecule has 3 rings (SSSR count). The van der Waals surface area contributed by atoms with E-state index in [0.717, 1.165) is 26.1 Å². The van der Waals surface area contributed by atoms with Crippen LogP contribution in [0.3, 0.4) is 0 Å². The number of ether oxygens (including phenoxy) is 1. The van der Waals surface area contributed by atoms with Gasteiger partial charge in [0.15, 0.2) is 0 Å². The van der Waals surface area contributed by atoms with Crippen LogP contribution >= 0.6 is 0 Å². The number of nitrogens with one attached hydrogen (secondary N) is 1. The normalized spacial score (nSPS) is 18.6. The van der Waals surface area contributed by atoms with Gasteiger partial charge < -0.3 is 14.5 Å². The van der Waals surface area contributed by atoms with E-state index < -0.39 is 0 Å². The van der Waals surface area contributed by atoms with Crippen molar-refractivity contribution in [1.29, 1.82) is 0 Å². The number of hydrogen-bond donors (Lipinski definition) is 1. The smallest absolute Gasteiger partial charge is 0.0952 e. The minimum Gasteiger partial charge on any atom is -0.472 e. The predicted molar refractivity (Wildman–Crippen MR) is 69.3 cm³/mol. The lowest BCUT2D eigenvalue weighted by Gasteiger charge is -2.26. The fraction of sp³-hybridized carbons (Fsp3) is 0.333. The van der Waals surface area contributed by atoms with E-state index in [0.29, 0.717) is 0 Å². The molecular formula is C15H17NO2. The molecule has 94 valence electrons. The highest BCUT2D eigenvalue weighted by molar-refractivity contribution is 5.31. The van der Waals surface area contributed by atoms with Crippen LogP contribution in [0.25, 0.3) is 0 Å². The molecule has 2 aromatic rings. The molecule has 0 saturated carbocycles. The first-order valence-corrected chi connectivity index (χ1v) is 6.34. The van der Waals surface area contributed by atoms with Gasteiger partial charge in [0.25, 0.3) is 0 Å². The van der Waals surface area contributed by atoms with Crippen molar-refractivity contribution in [2.45, 2.75) is 19.1 Å². The minimum atomic E-state index is 0.168. The van der Waals surface area contributed by atoms with E-state index in [-0.39, 0.29) is 6.10 Å². The highest BCUT2D eigenvalue weighted by Crippen LogP contribution is 2.26. The third kappa shape index (κ3) is 2.47. The zero-order chi connectivity index (χ0) is 12.2. The van der Waals surface area contributed by atoms with Gasteiger partial charge in [0.2, 0.25) is 0 Å². The molecule has 1 aliphatic rings. The first kappa shape index (κ1) is 11.5. The Balaban J connectivity index is 1.60. The second-order valence-electron chi connectivity index (χ2n) is 4.57. The first-order chi connectivity index (χ1) is 8.93. The van der Waals surface area contributed by atoms with Crippen LogP contribution in [0.2, 0.25) is 0 Å². The molecule has 3 heteroatoms. The summed E-state index contributed by atoms with van der Waals surface area (Å²) in [6.07, 6.45) is 4.65. The third-order valence-electron chi connectivity index (χ3n) is 3.33. The van der Waals surface area contributed by atoms with Gasteiger partial charge in [0.1, 0.15) is 0 Å². The lowest BCUT2D eigenvalue weighted by Crippen LogP contribution is -2.27. The van der Waals surface area contributed by atoms with Crippen molar-refractivity contribution in [2.75, 3.05) is 13.2 Å². The largest absolute Gasteiger partial charge is 0.472 e. The highest BCUT2D eigenvalue weighted by atomic mass is 16.5. The Morgan fingerprint density at radius 3 is 3.06 bits per heavy atom. The Bertz CT molecular complexity index is 493. The molecule has 1 unspecified atom stereocenters. The first-order valence-electron chi connectivity index (χ1n) is 6.34. The summed E-state index contributed by atoms with van der Waals surface area (Å²) in [5, 5.41) is 3.41. The monoisotopic (exact) mass is 243 g/mol. The van der Waals surface area contributed by atoms with Crippen LogP contribution in [0.4, 0.5) is 0 Å². The van der Waals surface area contributed by atoms with Crippen molar-refractivity contribution in [1.82, 2.24) is 5.32 Å². The number of fused-ring (bicyclic) bond motifs is 1. The maximum atomic E-state index is 5.84. The third-order valence-corrected chi connectivity index (χ3v) is 3.33. The summed E-state index contributed by atoms with van der Waals surface area (Å²) in [6, 6.07) is 10.5. The number of hydrogen-bond acceptors (Lipinski definition) is 3. The van der Waals surface area contributed by atoms with E-state index in [1.807, 2.05) is 6.07 Å². The maximum Gasteiger partial charge on any atom is 0.0952 e. The molecule has 3 nitrogen and oxygen atoms in total. The quantitative estimate of drug-likeness (QED) is 0.896. The number of benzene rings is 1. The SMILES string of the molecule is c1ccc2c(c1)CCOC2CNCc1ccoc1. The number of furan rings is 1. The Kier molecular flexibility index (Phi) is 3.44. The van der Waals surface area contributed by atoms with Crippen LogP contribution in [-0.4, -0.2) is 13.2 Å². The van der Waals surface area contributed by atoms with Gasteiger partial charge in [0.05, 0.1) is 25.2 Å². The fourth-order valence-electron chi connectivity index (χ4n) is 2.39. The lowest BCUT2D eigenvalue weighted by molar-refractivity contribution is 0.0423. The van der Waals surface area contributed by atoms with Crippen molar-refractivity contribution >= 4 is 0 Å². The van der Waals surface area contributed by atoms with Crippen molar-refractivity contribution < 1.29 is 9.15 Å². The van der Waals surface area contributed by atoms with Crippen LogP contribution in [-0.2, 0) is 17.7 Å². The van der Waals surface area contributed by atoms with Gasteiger partial charge in [-0.25, -0.2) is 0 Å². The van der Waals surface area contributed by atoms with Gasteiger partial charge in [0, 0.05) is 18.7 Å². The molecular weight excluding hydrogens is 226 g/mol.